The van der Waals surface area contributed by atoms with Crippen LogP contribution in [0.25, 0.3) is 10.8 Å². The van der Waals surface area contributed by atoms with Crippen molar-refractivity contribution >= 4 is 68.2 Å². The summed E-state index contributed by atoms with van der Waals surface area (Å²) in [6.07, 6.45) is 1.23. The Hall–Kier alpha value is -3.18. The minimum absolute atomic E-state index is 0. The number of para-hydroxylation sites is 2. The fraction of sp³-hybridized carbons (Fsp3) is 0.387. The number of carbonyl (C=O) groups excluding carboxylic acids is 3. The van der Waals surface area contributed by atoms with Gasteiger partial charge in [0.2, 0.25) is 11.8 Å². The Labute approximate surface area is 260 Å². The van der Waals surface area contributed by atoms with Crippen molar-refractivity contribution < 1.29 is 23.9 Å². The Morgan fingerprint density at radius 3 is 2.50 bits per heavy atom. The fourth-order valence-corrected chi connectivity index (χ4v) is 5.89. The van der Waals surface area contributed by atoms with E-state index in [1.807, 2.05) is 54.6 Å². The Balaban J connectivity index is 0.00000405. The van der Waals surface area contributed by atoms with Gasteiger partial charge in [-0.15, -0.1) is 12.4 Å². The molecule has 3 amide bonds. The topological polar surface area (TPSA) is 100 Å². The molecule has 1 unspecified atom stereocenters. The highest BCUT2D eigenvalue weighted by molar-refractivity contribution is 9.10. The highest BCUT2D eigenvalue weighted by atomic mass is 79.9. The molecule has 1 saturated heterocycles. The number of nitrogens with one attached hydrogen (secondary N) is 2. The molecule has 42 heavy (non-hydrogen) atoms. The second-order valence-corrected chi connectivity index (χ2v) is 11.3. The molecule has 0 saturated carbocycles. The van der Waals surface area contributed by atoms with Crippen LogP contribution in [0.4, 0.5) is 11.4 Å². The molecule has 0 bridgehead atoms. The van der Waals surface area contributed by atoms with Crippen LogP contribution in [0, 0.1) is 5.92 Å². The molecular formula is C31H36BrClN4O5. The largest absolute Gasteiger partial charge is 0.496 e. The van der Waals surface area contributed by atoms with Gasteiger partial charge in [-0.1, -0.05) is 40.2 Å². The van der Waals surface area contributed by atoms with Crippen molar-refractivity contribution in [2.24, 2.45) is 5.92 Å². The molecule has 3 aromatic carbocycles. The maximum absolute atomic E-state index is 14.4. The van der Waals surface area contributed by atoms with Gasteiger partial charge in [-0.3, -0.25) is 14.4 Å². The monoisotopic (exact) mass is 658 g/mol. The summed E-state index contributed by atoms with van der Waals surface area (Å²) in [6.45, 7) is 2.99. The molecular weight excluding hydrogens is 624 g/mol. The lowest BCUT2D eigenvalue weighted by Gasteiger charge is -2.30. The van der Waals surface area contributed by atoms with Crippen molar-refractivity contribution in [3.8, 4) is 5.75 Å². The van der Waals surface area contributed by atoms with Crippen LogP contribution in [0.5, 0.6) is 5.75 Å². The maximum atomic E-state index is 14.4. The van der Waals surface area contributed by atoms with Gasteiger partial charge >= 0.3 is 0 Å². The zero-order chi connectivity index (χ0) is 29.1. The molecule has 2 heterocycles. The number of halogens is 2. The summed E-state index contributed by atoms with van der Waals surface area (Å²) >= 11 is 3.55. The van der Waals surface area contributed by atoms with Gasteiger partial charge in [0, 0.05) is 29.2 Å². The number of anilines is 2. The summed E-state index contributed by atoms with van der Waals surface area (Å²) in [6, 6.07) is 15.8. The van der Waals surface area contributed by atoms with Gasteiger partial charge in [0.05, 0.1) is 37.6 Å². The highest BCUT2D eigenvalue weighted by Gasteiger charge is 2.39. The minimum atomic E-state index is -0.954. The molecule has 2 N–H and O–H groups in total. The fourth-order valence-electron chi connectivity index (χ4n) is 5.52. The molecule has 3 aromatic rings. The third-order valence-electron chi connectivity index (χ3n) is 7.96. The van der Waals surface area contributed by atoms with Gasteiger partial charge in [-0.05, 0) is 67.9 Å². The van der Waals surface area contributed by atoms with E-state index in [0.29, 0.717) is 43.2 Å². The second kappa shape index (κ2) is 13.9. The van der Waals surface area contributed by atoms with E-state index in [4.69, 9.17) is 9.47 Å². The summed E-state index contributed by atoms with van der Waals surface area (Å²) in [4.78, 5) is 44.7. The molecule has 0 radical (unpaired) electrons. The first-order valence-electron chi connectivity index (χ1n) is 13.8. The van der Waals surface area contributed by atoms with Crippen LogP contribution in [0.15, 0.2) is 59.1 Å². The van der Waals surface area contributed by atoms with Crippen molar-refractivity contribution in [1.82, 2.24) is 10.6 Å². The predicted octanol–water partition coefficient (Wildman–Crippen LogP) is 4.43. The molecule has 1 fully saturated rings. The number of hydrogen-bond acceptors (Lipinski definition) is 6. The second-order valence-electron chi connectivity index (χ2n) is 10.4. The van der Waals surface area contributed by atoms with E-state index >= 15 is 0 Å². The zero-order valence-corrected chi connectivity index (χ0v) is 26.3. The van der Waals surface area contributed by atoms with Crippen molar-refractivity contribution in [1.29, 1.82) is 0 Å². The van der Waals surface area contributed by atoms with Gasteiger partial charge in [0.1, 0.15) is 11.8 Å². The van der Waals surface area contributed by atoms with E-state index in [9.17, 15) is 14.4 Å². The van der Waals surface area contributed by atoms with Crippen LogP contribution in [0.2, 0.25) is 0 Å². The van der Waals surface area contributed by atoms with Crippen LogP contribution in [-0.4, -0.2) is 63.7 Å². The number of hydrogen-bond donors (Lipinski definition) is 2. The first-order chi connectivity index (χ1) is 19.8. The van der Waals surface area contributed by atoms with Crippen LogP contribution in [-0.2, 0) is 25.7 Å². The van der Waals surface area contributed by atoms with Gasteiger partial charge in [-0.25, -0.2) is 0 Å². The van der Waals surface area contributed by atoms with Gasteiger partial charge in [-0.2, -0.15) is 0 Å². The van der Waals surface area contributed by atoms with E-state index in [-0.39, 0.29) is 49.1 Å². The maximum Gasteiger partial charge on any atom is 0.251 e. The first-order valence-corrected chi connectivity index (χ1v) is 14.6. The van der Waals surface area contributed by atoms with E-state index in [1.165, 1.54) is 0 Å². The summed E-state index contributed by atoms with van der Waals surface area (Å²) in [5.74, 6) is -0.254. The SMILES string of the molecule is CNC(C)C(=O)N[C@H]1CN(C(=O)C2CCOCC2)c2ccccc2N(Cc2c(OC)ccc3cc(Br)ccc23)C1=O.Cl. The van der Waals surface area contributed by atoms with E-state index in [2.05, 4.69) is 26.6 Å². The summed E-state index contributed by atoms with van der Waals surface area (Å²) in [7, 11) is 3.30. The van der Waals surface area contributed by atoms with Gasteiger partial charge < -0.3 is 29.9 Å². The number of ether oxygens (including phenoxy) is 2. The quantitative estimate of drug-likeness (QED) is 0.390. The molecule has 0 aliphatic carbocycles. The lowest BCUT2D eigenvalue weighted by molar-refractivity contribution is -0.129. The molecule has 2 aliphatic heterocycles. The summed E-state index contributed by atoms with van der Waals surface area (Å²) in [5.41, 5.74) is 2.07. The molecule has 5 rings (SSSR count). The smallest absolute Gasteiger partial charge is 0.251 e. The lowest BCUT2D eigenvalue weighted by atomic mass is 9.98. The zero-order valence-electron chi connectivity index (χ0n) is 23.9. The molecule has 224 valence electrons. The number of methoxy groups -OCH3 is 1. The lowest BCUT2D eigenvalue weighted by Crippen LogP contribution is -2.56. The molecule has 0 aromatic heterocycles. The minimum Gasteiger partial charge on any atom is -0.496 e. The summed E-state index contributed by atoms with van der Waals surface area (Å²) < 4.78 is 12.2. The Morgan fingerprint density at radius 1 is 1.10 bits per heavy atom. The summed E-state index contributed by atoms with van der Waals surface area (Å²) in [5, 5.41) is 7.79. The molecule has 11 heteroatoms. The van der Waals surface area contributed by atoms with E-state index in [0.717, 1.165) is 20.8 Å². The number of rotatable bonds is 7. The van der Waals surface area contributed by atoms with Crippen LogP contribution in [0.3, 0.4) is 0 Å². The van der Waals surface area contributed by atoms with Gasteiger partial charge in [0.15, 0.2) is 0 Å². The number of likely N-dealkylation sites (N-methyl/N-ethyl adjacent to an activating group) is 1. The first kappa shape index (κ1) is 31.7. The van der Waals surface area contributed by atoms with Crippen LogP contribution >= 0.6 is 28.3 Å². The average Bonchev–Trinajstić information content (AvgIpc) is 3.11. The predicted molar refractivity (Wildman–Crippen MR) is 169 cm³/mol. The van der Waals surface area contributed by atoms with Crippen molar-refractivity contribution in [3.63, 3.8) is 0 Å². The average molecular weight is 660 g/mol. The number of fused-ring (bicyclic) bond motifs is 2. The third kappa shape index (κ3) is 6.41. The number of nitrogens with zero attached hydrogens (tertiary/aromatic N) is 2. The molecule has 2 atom stereocenters. The molecule has 2 aliphatic rings. The van der Waals surface area contributed by atoms with Crippen molar-refractivity contribution in [2.75, 3.05) is 43.7 Å². The van der Waals surface area contributed by atoms with Crippen LogP contribution in [0.1, 0.15) is 25.3 Å². The Morgan fingerprint density at radius 2 is 1.81 bits per heavy atom. The van der Waals surface area contributed by atoms with Crippen molar-refractivity contribution in [3.05, 3.63) is 64.6 Å². The van der Waals surface area contributed by atoms with E-state index < -0.39 is 12.1 Å². The number of amides is 3. The molecule has 9 nitrogen and oxygen atoms in total. The third-order valence-corrected chi connectivity index (χ3v) is 8.45. The van der Waals surface area contributed by atoms with Crippen molar-refractivity contribution in [2.45, 2.75) is 38.4 Å². The Kier molecular flexibility index (Phi) is 10.5. The highest BCUT2D eigenvalue weighted by Crippen LogP contribution is 2.38. The van der Waals surface area contributed by atoms with Gasteiger partial charge in [0.25, 0.3) is 5.91 Å². The van der Waals surface area contributed by atoms with E-state index in [1.54, 1.807) is 30.9 Å². The number of benzene rings is 3. The van der Waals surface area contributed by atoms with Crippen LogP contribution < -0.4 is 25.2 Å². The normalized spacial score (nSPS) is 18.1. The standard InChI is InChI=1S/C31H35BrN4O5.ClH/c1-19(33-2)29(37)34-25-18-36(30(38)20-12-14-41-15-13-20)27-7-5-4-6-26(27)35(31(25)39)17-24-23-10-9-22(32)16-21(23)8-11-28(24)40-3;/h4-11,16,19-20,25,33H,12-15,17-18H2,1-3H3,(H,34,37);1H/t19?,25-;/m0./s1. The Bertz CT molecular complexity index is 1460. The number of carbonyl (C=O) groups is 3. The molecule has 0 spiro atoms.